The molecule has 0 bridgehead atoms. The van der Waals surface area contributed by atoms with Gasteiger partial charge in [-0.15, -0.1) is 0 Å². The Morgan fingerprint density at radius 2 is 1.53 bits per heavy atom. The molecule has 30 heavy (non-hydrogen) atoms. The average Bonchev–Trinajstić information content (AvgIpc) is 3.22. The van der Waals surface area contributed by atoms with Crippen LogP contribution in [0.2, 0.25) is 0 Å². The summed E-state index contributed by atoms with van der Waals surface area (Å²) in [5, 5.41) is 0. The topological polar surface area (TPSA) is 88.1 Å². The van der Waals surface area contributed by atoms with E-state index in [1.54, 1.807) is 56.3 Å². The molecule has 0 spiro atoms. The van der Waals surface area contributed by atoms with Gasteiger partial charge >= 0.3 is 11.9 Å². The lowest BCUT2D eigenvalue weighted by Crippen LogP contribution is -2.34. The smallest absolute Gasteiger partial charge is 0.320 e. The third kappa shape index (κ3) is 4.79. The average molecular weight is 412 g/mol. The maximum atomic E-state index is 13.0. The fraction of sp³-hybridized carbons (Fsp3) is 0.348. The number of carbonyl (C=O) groups is 3. The van der Waals surface area contributed by atoms with Crippen molar-refractivity contribution in [2.45, 2.75) is 26.2 Å². The molecular weight excluding hydrogens is 388 g/mol. The molecule has 1 aliphatic heterocycles. The Balaban J connectivity index is 2.01. The van der Waals surface area contributed by atoms with E-state index in [1.807, 2.05) is 6.07 Å². The van der Waals surface area contributed by atoms with Crippen LogP contribution in [0.25, 0.3) is 0 Å². The second-order valence-electron chi connectivity index (χ2n) is 6.69. The Labute approximate surface area is 174 Å². The lowest BCUT2D eigenvalue weighted by Gasteiger charge is -2.24. The van der Waals surface area contributed by atoms with Gasteiger partial charge in [-0.1, -0.05) is 36.4 Å². The monoisotopic (exact) mass is 412 g/mol. The number of hydrogen-bond acceptors (Lipinski definition) is 7. The minimum Gasteiger partial charge on any atom is -0.465 e. The van der Waals surface area contributed by atoms with Gasteiger partial charge in [0.1, 0.15) is 0 Å². The summed E-state index contributed by atoms with van der Waals surface area (Å²) < 4.78 is 21.1. The van der Waals surface area contributed by atoms with E-state index in [0.29, 0.717) is 22.6 Å². The quantitative estimate of drug-likeness (QED) is 0.354. The molecule has 0 radical (unpaired) electrons. The number of fused-ring (bicyclic) bond motifs is 1. The highest BCUT2D eigenvalue weighted by Gasteiger charge is 2.40. The molecule has 0 aliphatic carbocycles. The van der Waals surface area contributed by atoms with E-state index >= 15 is 0 Å². The first-order valence-electron chi connectivity index (χ1n) is 9.86. The zero-order valence-electron chi connectivity index (χ0n) is 17.0. The van der Waals surface area contributed by atoms with E-state index in [9.17, 15) is 14.4 Å². The van der Waals surface area contributed by atoms with Gasteiger partial charge in [-0.3, -0.25) is 14.4 Å². The van der Waals surface area contributed by atoms with Crippen LogP contribution in [0.4, 0.5) is 0 Å². The van der Waals surface area contributed by atoms with Gasteiger partial charge in [0.2, 0.25) is 6.79 Å². The summed E-state index contributed by atoms with van der Waals surface area (Å²) in [6, 6.07) is 13.8. The molecule has 1 heterocycles. The van der Waals surface area contributed by atoms with Crippen molar-refractivity contribution < 1.29 is 33.3 Å². The summed E-state index contributed by atoms with van der Waals surface area (Å²) in [7, 11) is 0. The van der Waals surface area contributed by atoms with Crippen LogP contribution in [-0.4, -0.2) is 37.7 Å². The zero-order chi connectivity index (χ0) is 21.5. The van der Waals surface area contributed by atoms with E-state index in [1.165, 1.54) is 0 Å². The molecule has 0 amide bonds. The normalized spacial score (nSPS) is 13.0. The predicted molar refractivity (Wildman–Crippen MR) is 107 cm³/mol. The molecule has 7 nitrogen and oxygen atoms in total. The first-order chi connectivity index (χ1) is 14.5. The van der Waals surface area contributed by atoms with Crippen molar-refractivity contribution in [1.82, 2.24) is 0 Å². The number of Topliss-reactive ketones (excluding diaryl/α,β-unsaturated/α-hetero) is 1. The maximum absolute atomic E-state index is 13.0. The number of benzene rings is 2. The summed E-state index contributed by atoms with van der Waals surface area (Å²) in [5.74, 6) is -2.65. The second kappa shape index (κ2) is 9.91. The van der Waals surface area contributed by atoms with Gasteiger partial charge in [0.15, 0.2) is 23.2 Å². The summed E-state index contributed by atoms with van der Waals surface area (Å²) in [6.45, 7) is 3.62. The summed E-state index contributed by atoms with van der Waals surface area (Å²) in [6.07, 6.45) is -0.0774. The third-order valence-electron chi connectivity index (χ3n) is 4.81. The largest absolute Gasteiger partial charge is 0.465 e. The van der Waals surface area contributed by atoms with Crippen LogP contribution < -0.4 is 9.47 Å². The highest BCUT2D eigenvalue weighted by Crippen LogP contribution is 2.39. The summed E-state index contributed by atoms with van der Waals surface area (Å²) in [5.41, 5.74) is 1.09. The Hall–Kier alpha value is -3.35. The molecule has 2 aromatic rings. The van der Waals surface area contributed by atoms with Crippen LogP contribution in [0.3, 0.4) is 0 Å². The van der Waals surface area contributed by atoms with Gasteiger partial charge in [0, 0.05) is 17.9 Å². The second-order valence-corrected chi connectivity index (χ2v) is 6.69. The maximum Gasteiger partial charge on any atom is 0.320 e. The molecule has 7 heteroatoms. The molecule has 158 valence electrons. The number of hydrogen-bond donors (Lipinski definition) is 0. The van der Waals surface area contributed by atoms with Crippen molar-refractivity contribution in [2.75, 3.05) is 20.0 Å². The van der Waals surface area contributed by atoms with E-state index in [2.05, 4.69) is 0 Å². The van der Waals surface area contributed by atoms with Crippen LogP contribution in [-0.2, 0) is 19.1 Å². The minimum atomic E-state index is -1.28. The molecule has 1 aliphatic rings. The lowest BCUT2D eigenvalue weighted by atomic mass is 9.81. The highest BCUT2D eigenvalue weighted by atomic mass is 16.7. The Morgan fingerprint density at radius 3 is 2.17 bits per heavy atom. The molecule has 0 saturated carbocycles. The number of rotatable bonds is 9. The molecule has 2 aromatic carbocycles. The van der Waals surface area contributed by atoms with Crippen molar-refractivity contribution in [3.63, 3.8) is 0 Å². The number of carbonyl (C=O) groups excluding carboxylic acids is 3. The van der Waals surface area contributed by atoms with Gasteiger partial charge in [0.05, 0.1) is 13.2 Å². The van der Waals surface area contributed by atoms with Crippen LogP contribution in [0.15, 0.2) is 48.5 Å². The van der Waals surface area contributed by atoms with Crippen LogP contribution in [0, 0.1) is 5.92 Å². The molecule has 0 N–H and O–H groups in total. The van der Waals surface area contributed by atoms with Crippen molar-refractivity contribution >= 4 is 17.7 Å². The van der Waals surface area contributed by atoms with Gasteiger partial charge < -0.3 is 18.9 Å². The first-order valence-corrected chi connectivity index (χ1v) is 9.86. The predicted octanol–water partition coefficient (Wildman–Crippen LogP) is 3.51. The molecule has 0 saturated heterocycles. The third-order valence-corrected chi connectivity index (χ3v) is 4.81. The Kier molecular flexibility index (Phi) is 7.06. The van der Waals surface area contributed by atoms with Crippen molar-refractivity contribution in [3.05, 3.63) is 59.7 Å². The molecule has 1 atom stereocenters. The van der Waals surface area contributed by atoms with E-state index in [4.69, 9.17) is 18.9 Å². The van der Waals surface area contributed by atoms with E-state index in [-0.39, 0.29) is 32.2 Å². The fourth-order valence-corrected chi connectivity index (χ4v) is 3.40. The summed E-state index contributed by atoms with van der Waals surface area (Å²) >= 11 is 0. The lowest BCUT2D eigenvalue weighted by molar-refractivity contribution is -0.162. The Bertz CT molecular complexity index is 889. The van der Waals surface area contributed by atoms with Crippen LogP contribution >= 0.6 is 0 Å². The number of ketones is 1. The van der Waals surface area contributed by atoms with Crippen LogP contribution in [0.1, 0.15) is 42.1 Å². The van der Waals surface area contributed by atoms with Crippen molar-refractivity contribution in [2.24, 2.45) is 5.92 Å². The molecule has 0 aromatic heterocycles. The molecule has 1 unspecified atom stereocenters. The summed E-state index contributed by atoms with van der Waals surface area (Å²) in [4.78, 5) is 38.4. The van der Waals surface area contributed by atoms with E-state index in [0.717, 1.165) is 0 Å². The van der Waals surface area contributed by atoms with E-state index < -0.39 is 23.8 Å². The van der Waals surface area contributed by atoms with Gasteiger partial charge in [-0.25, -0.2) is 0 Å². The SMILES string of the molecule is CCOC(=O)C(C(=O)OCC)C(CC(=O)c1ccccc1)c1ccc2c(c1)OCO2. The van der Waals surface area contributed by atoms with Gasteiger partial charge in [-0.2, -0.15) is 0 Å². The van der Waals surface area contributed by atoms with Crippen molar-refractivity contribution in [1.29, 1.82) is 0 Å². The zero-order valence-corrected chi connectivity index (χ0v) is 17.0. The van der Waals surface area contributed by atoms with Crippen molar-refractivity contribution in [3.8, 4) is 11.5 Å². The Morgan fingerprint density at radius 1 is 0.900 bits per heavy atom. The number of ether oxygens (including phenoxy) is 4. The van der Waals surface area contributed by atoms with Crippen LogP contribution in [0.5, 0.6) is 11.5 Å². The molecular formula is C23H24O7. The molecule has 0 fully saturated rings. The fourth-order valence-electron chi connectivity index (χ4n) is 3.40. The van der Waals surface area contributed by atoms with Gasteiger partial charge in [0.25, 0.3) is 0 Å². The first kappa shape index (κ1) is 21.4. The minimum absolute atomic E-state index is 0.0774. The number of esters is 2. The standard InChI is InChI=1S/C23H24O7/c1-3-27-22(25)21(23(26)28-4-2)17(13-18(24)15-8-6-5-7-9-15)16-10-11-19-20(12-16)30-14-29-19/h5-12,17,21H,3-4,13-14H2,1-2H3. The molecule has 3 rings (SSSR count). The van der Waals surface area contributed by atoms with Gasteiger partial charge in [-0.05, 0) is 31.5 Å². The highest BCUT2D eigenvalue weighted by molar-refractivity contribution is 6.00.